The lowest BCUT2D eigenvalue weighted by Crippen LogP contribution is -2.47. The van der Waals surface area contributed by atoms with Gasteiger partial charge in [-0.05, 0) is 56.2 Å². The molecule has 0 unspecified atom stereocenters. The molecule has 0 bridgehead atoms. The molecule has 0 aliphatic heterocycles. The predicted molar refractivity (Wildman–Crippen MR) is 110 cm³/mol. The number of amides is 1. The molecule has 0 spiro atoms. The van der Waals surface area contributed by atoms with Crippen molar-refractivity contribution in [3.05, 3.63) is 65.5 Å². The van der Waals surface area contributed by atoms with E-state index in [1.54, 1.807) is 7.11 Å². The molecule has 0 radical (unpaired) electrons. The molecule has 1 heterocycles. The van der Waals surface area contributed by atoms with Crippen LogP contribution in [0.4, 0.5) is 0 Å². The summed E-state index contributed by atoms with van der Waals surface area (Å²) in [5.74, 6) is 1.65. The van der Waals surface area contributed by atoms with Gasteiger partial charge in [-0.1, -0.05) is 42.1 Å². The number of ether oxygens (including phenoxy) is 1. The molecule has 6 nitrogen and oxygen atoms in total. The minimum atomic E-state index is -0.628. The Labute approximate surface area is 170 Å². The molecule has 4 rings (SSSR count). The van der Waals surface area contributed by atoms with Gasteiger partial charge >= 0.3 is 0 Å². The average Bonchev–Trinajstić information content (AvgIpc) is 3.25. The summed E-state index contributed by atoms with van der Waals surface area (Å²) >= 11 is 0. The van der Waals surface area contributed by atoms with Crippen molar-refractivity contribution in [1.29, 1.82) is 0 Å². The molecule has 0 atom stereocenters. The molecule has 1 saturated carbocycles. The smallest absolute Gasteiger partial charge is 0.252 e. The van der Waals surface area contributed by atoms with Gasteiger partial charge in [0.2, 0.25) is 5.82 Å². The highest BCUT2D eigenvalue weighted by Crippen LogP contribution is 2.37. The molecule has 150 valence electrons. The van der Waals surface area contributed by atoms with Gasteiger partial charge in [-0.2, -0.15) is 4.98 Å². The summed E-state index contributed by atoms with van der Waals surface area (Å²) in [5, 5.41) is 7.40. The van der Waals surface area contributed by atoms with Crippen LogP contribution in [0.15, 0.2) is 53.1 Å². The molecule has 1 fully saturated rings. The van der Waals surface area contributed by atoms with E-state index < -0.39 is 5.54 Å². The van der Waals surface area contributed by atoms with Crippen LogP contribution in [-0.4, -0.2) is 23.2 Å². The van der Waals surface area contributed by atoms with Gasteiger partial charge in [0, 0.05) is 11.1 Å². The zero-order valence-corrected chi connectivity index (χ0v) is 16.8. The number of hydrogen-bond donors (Lipinski definition) is 1. The van der Waals surface area contributed by atoms with E-state index in [9.17, 15) is 4.79 Å². The van der Waals surface area contributed by atoms with E-state index in [1.807, 2.05) is 55.5 Å². The van der Waals surface area contributed by atoms with Crippen molar-refractivity contribution in [2.75, 3.05) is 7.11 Å². The molecular weight excluding hydrogens is 366 g/mol. The first-order valence-corrected chi connectivity index (χ1v) is 9.97. The molecule has 1 aliphatic rings. The van der Waals surface area contributed by atoms with Crippen molar-refractivity contribution in [2.45, 2.75) is 44.6 Å². The number of aryl methyl sites for hydroxylation is 1. The molecule has 29 heavy (non-hydrogen) atoms. The minimum Gasteiger partial charge on any atom is -0.497 e. The van der Waals surface area contributed by atoms with Crippen LogP contribution in [0.2, 0.25) is 0 Å². The molecule has 1 N–H and O–H groups in total. The second-order valence-electron chi connectivity index (χ2n) is 7.62. The van der Waals surface area contributed by atoms with Crippen molar-refractivity contribution in [1.82, 2.24) is 15.5 Å². The van der Waals surface area contributed by atoms with Gasteiger partial charge in [-0.3, -0.25) is 4.79 Å². The van der Waals surface area contributed by atoms with Crippen LogP contribution in [0, 0.1) is 6.92 Å². The molecule has 2 aromatic carbocycles. The van der Waals surface area contributed by atoms with Crippen LogP contribution in [0.5, 0.6) is 5.75 Å². The lowest BCUT2D eigenvalue weighted by Gasteiger charge is -2.34. The SMILES string of the molecule is COc1ccc(-c2noc(C3(NC(=O)c4cccc(C)c4)CCCCC3)n2)cc1. The number of benzene rings is 2. The van der Waals surface area contributed by atoms with E-state index in [2.05, 4.69) is 15.5 Å². The second-order valence-corrected chi connectivity index (χ2v) is 7.62. The van der Waals surface area contributed by atoms with E-state index in [1.165, 1.54) is 0 Å². The Hall–Kier alpha value is -3.15. The highest BCUT2D eigenvalue weighted by atomic mass is 16.5. The summed E-state index contributed by atoms with van der Waals surface area (Å²) in [7, 11) is 1.63. The van der Waals surface area contributed by atoms with Crippen molar-refractivity contribution >= 4 is 5.91 Å². The number of carbonyl (C=O) groups excluding carboxylic acids is 1. The monoisotopic (exact) mass is 391 g/mol. The van der Waals surface area contributed by atoms with Crippen LogP contribution in [0.3, 0.4) is 0 Å². The van der Waals surface area contributed by atoms with Crippen molar-refractivity contribution in [3.8, 4) is 17.1 Å². The van der Waals surface area contributed by atoms with E-state index in [4.69, 9.17) is 9.26 Å². The third kappa shape index (κ3) is 4.01. The number of nitrogens with zero attached hydrogens (tertiary/aromatic N) is 2. The van der Waals surface area contributed by atoms with Crippen LogP contribution in [0.25, 0.3) is 11.4 Å². The first kappa shape index (κ1) is 19.2. The molecular formula is C23H25N3O3. The molecule has 1 amide bonds. The van der Waals surface area contributed by atoms with Crippen molar-refractivity contribution in [3.63, 3.8) is 0 Å². The van der Waals surface area contributed by atoms with Gasteiger partial charge in [-0.25, -0.2) is 0 Å². The summed E-state index contributed by atoms with van der Waals surface area (Å²) in [6.45, 7) is 1.98. The lowest BCUT2D eigenvalue weighted by molar-refractivity contribution is 0.0824. The number of rotatable bonds is 5. The molecule has 6 heteroatoms. The largest absolute Gasteiger partial charge is 0.497 e. The van der Waals surface area contributed by atoms with Gasteiger partial charge in [-0.15, -0.1) is 0 Å². The Kier molecular flexibility index (Phi) is 5.34. The van der Waals surface area contributed by atoms with E-state index in [0.29, 0.717) is 17.3 Å². The number of methoxy groups -OCH3 is 1. The Morgan fingerprint density at radius 2 is 1.86 bits per heavy atom. The third-order valence-electron chi connectivity index (χ3n) is 5.52. The van der Waals surface area contributed by atoms with Gasteiger partial charge in [0.15, 0.2) is 0 Å². The van der Waals surface area contributed by atoms with Gasteiger partial charge in [0.25, 0.3) is 11.8 Å². The summed E-state index contributed by atoms with van der Waals surface area (Å²) in [4.78, 5) is 17.6. The Bertz CT molecular complexity index is 989. The number of nitrogens with one attached hydrogen (secondary N) is 1. The Morgan fingerprint density at radius 3 is 2.55 bits per heavy atom. The normalized spacial score (nSPS) is 15.7. The van der Waals surface area contributed by atoms with Crippen molar-refractivity contribution in [2.24, 2.45) is 0 Å². The van der Waals surface area contributed by atoms with Crippen LogP contribution in [-0.2, 0) is 5.54 Å². The minimum absolute atomic E-state index is 0.111. The Balaban J connectivity index is 1.62. The van der Waals surface area contributed by atoms with Crippen LogP contribution < -0.4 is 10.1 Å². The quantitative estimate of drug-likeness (QED) is 0.685. The summed E-state index contributed by atoms with van der Waals surface area (Å²) in [5.41, 5.74) is 1.91. The average molecular weight is 391 g/mol. The molecule has 1 aromatic heterocycles. The topological polar surface area (TPSA) is 77.3 Å². The van der Waals surface area contributed by atoms with Crippen LogP contribution in [0.1, 0.15) is 53.9 Å². The Morgan fingerprint density at radius 1 is 1.10 bits per heavy atom. The fourth-order valence-electron chi connectivity index (χ4n) is 3.90. The molecule has 1 aliphatic carbocycles. The maximum atomic E-state index is 13.0. The number of hydrogen-bond acceptors (Lipinski definition) is 5. The highest BCUT2D eigenvalue weighted by Gasteiger charge is 2.41. The third-order valence-corrected chi connectivity index (χ3v) is 5.52. The molecule has 0 saturated heterocycles. The van der Waals surface area contributed by atoms with Gasteiger partial charge < -0.3 is 14.6 Å². The number of carbonyl (C=O) groups is 1. The number of aromatic nitrogens is 2. The maximum absolute atomic E-state index is 13.0. The zero-order chi connectivity index (χ0) is 20.3. The molecule has 3 aromatic rings. The summed E-state index contributed by atoms with van der Waals surface area (Å²) in [6.07, 6.45) is 4.73. The maximum Gasteiger partial charge on any atom is 0.252 e. The van der Waals surface area contributed by atoms with Crippen LogP contribution >= 0.6 is 0 Å². The summed E-state index contributed by atoms with van der Waals surface area (Å²) < 4.78 is 10.9. The second kappa shape index (κ2) is 8.07. The van der Waals surface area contributed by atoms with E-state index >= 15 is 0 Å². The zero-order valence-electron chi connectivity index (χ0n) is 16.8. The van der Waals surface area contributed by atoms with Gasteiger partial charge in [0.05, 0.1) is 7.11 Å². The van der Waals surface area contributed by atoms with E-state index in [0.717, 1.165) is 49.0 Å². The predicted octanol–water partition coefficient (Wildman–Crippen LogP) is 4.64. The lowest BCUT2D eigenvalue weighted by atomic mass is 9.81. The fraction of sp³-hybridized carbons (Fsp3) is 0.348. The first-order valence-electron chi connectivity index (χ1n) is 9.97. The van der Waals surface area contributed by atoms with Gasteiger partial charge in [0.1, 0.15) is 11.3 Å². The standard InChI is InChI=1S/C23H25N3O3/c1-16-7-6-8-18(15-16)21(27)25-23(13-4-3-5-14-23)22-24-20(26-29-22)17-9-11-19(28-2)12-10-17/h6-12,15H,3-5,13-14H2,1-2H3,(H,25,27). The first-order chi connectivity index (χ1) is 14.1. The van der Waals surface area contributed by atoms with E-state index in [-0.39, 0.29) is 5.91 Å². The highest BCUT2D eigenvalue weighted by molar-refractivity contribution is 5.94. The van der Waals surface area contributed by atoms with Crippen molar-refractivity contribution < 1.29 is 14.1 Å². The summed E-state index contributed by atoms with van der Waals surface area (Å²) in [6, 6.07) is 15.1. The fourth-order valence-corrected chi connectivity index (χ4v) is 3.90.